The van der Waals surface area contributed by atoms with Gasteiger partial charge in [0, 0.05) is 19.2 Å². The summed E-state index contributed by atoms with van der Waals surface area (Å²) in [4.78, 5) is 21.8. The molecule has 2 rings (SSSR count). The molecule has 1 fully saturated rings. The highest BCUT2D eigenvalue weighted by Crippen LogP contribution is 2.47. The Kier molecular flexibility index (Phi) is 4.74. The lowest BCUT2D eigenvalue weighted by molar-refractivity contribution is -0.384. The molecule has 1 saturated carbocycles. The van der Waals surface area contributed by atoms with Crippen LogP contribution in [0.25, 0.3) is 0 Å². The van der Waals surface area contributed by atoms with Crippen LogP contribution in [0.3, 0.4) is 0 Å². The first-order chi connectivity index (χ1) is 10.0. The number of carbonyl (C=O) groups excluding carboxylic acids is 1. The lowest BCUT2D eigenvalue weighted by Crippen LogP contribution is -2.34. The van der Waals surface area contributed by atoms with Gasteiger partial charge < -0.3 is 15.2 Å². The number of rotatable bonds is 8. The van der Waals surface area contributed by atoms with E-state index >= 15 is 0 Å². The van der Waals surface area contributed by atoms with Crippen molar-refractivity contribution in [2.75, 3.05) is 19.8 Å². The minimum Gasteiger partial charge on any atom is -0.484 e. The molecule has 0 saturated heterocycles. The lowest BCUT2D eigenvalue weighted by atomic mass is 10.0. The Morgan fingerprint density at radius 2 is 2.24 bits per heavy atom. The van der Waals surface area contributed by atoms with Gasteiger partial charge in [-0.1, -0.05) is 6.07 Å². The third kappa shape index (κ3) is 4.42. The number of hydrogen-bond donors (Lipinski definition) is 2. The summed E-state index contributed by atoms with van der Waals surface area (Å²) in [5.74, 6) is 0.0153. The van der Waals surface area contributed by atoms with Crippen LogP contribution < -0.4 is 10.1 Å². The molecule has 1 aromatic carbocycles. The Labute approximate surface area is 122 Å². The maximum atomic E-state index is 11.7. The van der Waals surface area contributed by atoms with Gasteiger partial charge in [0.1, 0.15) is 5.75 Å². The predicted molar refractivity (Wildman–Crippen MR) is 75.0 cm³/mol. The van der Waals surface area contributed by atoms with Crippen LogP contribution in [0.4, 0.5) is 5.69 Å². The molecule has 7 nitrogen and oxygen atoms in total. The molecule has 0 unspecified atom stereocenters. The second kappa shape index (κ2) is 6.53. The summed E-state index contributed by atoms with van der Waals surface area (Å²) in [6.45, 7) is 0.473. The van der Waals surface area contributed by atoms with Crippen LogP contribution in [-0.4, -0.2) is 35.7 Å². The van der Waals surface area contributed by atoms with Crippen molar-refractivity contribution in [1.82, 2.24) is 5.32 Å². The Morgan fingerprint density at radius 3 is 2.86 bits per heavy atom. The molecule has 114 valence electrons. The molecule has 1 aromatic rings. The third-order valence-corrected chi connectivity index (χ3v) is 3.66. The zero-order valence-corrected chi connectivity index (χ0v) is 11.6. The SMILES string of the molecule is O=C(COc1cccc([N+](=O)[O-])c1)NCC1(CCO)CC1. The van der Waals surface area contributed by atoms with Crippen LogP contribution in [0.1, 0.15) is 19.3 Å². The molecule has 1 aliphatic rings. The summed E-state index contributed by atoms with van der Waals surface area (Å²) in [6, 6.07) is 5.71. The molecular weight excluding hydrogens is 276 g/mol. The van der Waals surface area contributed by atoms with E-state index in [0.717, 1.165) is 12.8 Å². The summed E-state index contributed by atoms with van der Waals surface area (Å²) in [5, 5.41) is 22.3. The van der Waals surface area contributed by atoms with E-state index in [-0.39, 0.29) is 36.0 Å². The van der Waals surface area contributed by atoms with Gasteiger partial charge in [0.25, 0.3) is 11.6 Å². The van der Waals surface area contributed by atoms with Crippen molar-refractivity contribution in [2.24, 2.45) is 5.41 Å². The highest BCUT2D eigenvalue weighted by atomic mass is 16.6. The van der Waals surface area contributed by atoms with Crippen molar-refractivity contribution < 1.29 is 19.6 Å². The van der Waals surface area contributed by atoms with E-state index in [1.807, 2.05) is 0 Å². The van der Waals surface area contributed by atoms with Crippen LogP contribution >= 0.6 is 0 Å². The normalized spacial score (nSPS) is 15.3. The number of aliphatic hydroxyl groups excluding tert-OH is 1. The Balaban J connectivity index is 1.76. The molecule has 0 aromatic heterocycles. The van der Waals surface area contributed by atoms with Crippen LogP contribution in [0.2, 0.25) is 0 Å². The van der Waals surface area contributed by atoms with Gasteiger partial charge in [0.05, 0.1) is 11.0 Å². The van der Waals surface area contributed by atoms with Gasteiger partial charge in [-0.25, -0.2) is 0 Å². The van der Waals surface area contributed by atoms with Crippen molar-refractivity contribution >= 4 is 11.6 Å². The Bertz CT molecular complexity index is 528. The second-order valence-electron chi connectivity index (χ2n) is 5.29. The van der Waals surface area contributed by atoms with Crippen molar-refractivity contribution in [3.05, 3.63) is 34.4 Å². The lowest BCUT2D eigenvalue weighted by Gasteiger charge is -2.14. The number of nitrogens with one attached hydrogen (secondary N) is 1. The largest absolute Gasteiger partial charge is 0.484 e. The van der Waals surface area contributed by atoms with E-state index in [2.05, 4.69) is 5.32 Å². The van der Waals surface area contributed by atoms with Crippen molar-refractivity contribution in [3.8, 4) is 5.75 Å². The molecule has 0 aliphatic heterocycles. The maximum Gasteiger partial charge on any atom is 0.273 e. The average molecular weight is 294 g/mol. The van der Waals surface area contributed by atoms with E-state index in [4.69, 9.17) is 9.84 Å². The molecule has 0 radical (unpaired) electrons. The fourth-order valence-electron chi connectivity index (χ4n) is 2.10. The summed E-state index contributed by atoms with van der Waals surface area (Å²) in [6.07, 6.45) is 2.72. The van der Waals surface area contributed by atoms with E-state index in [1.165, 1.54) is 18.2 Å². The number of non-ortho nitro benzene ring substituents is 1. The number of nitrogens with zero attached hydrogens (tertiary/aromatic N) is 1. The number of nitro groups is 1. The standard InChI is InChI=1S/C14H18N2O5/c17-7-6-14(4-5-14)10-15-13(18)9-21-12-3-1-2-11(8-12)16(19)20/h1-3,8,17H,4-7,9-10H2,(H,15,18). The van der Waals surface area contributed by atoms with Crippen LogP contribution in [0, 0.1) is 15.5 Å². The molecule has 0 heterocycles. The molecule has 1 aliphatic carbocycles. The molecule has 21 heavy (non-hydrogen) atoms. The summed E-state index contributed by atoms with van der Waals surface area (Å²) < 4.78 is 5.24. The first-order valence-corrected chi connectivity index (χ1v) is 6.79. The number of nitro benzene ring substituents is 1. The molecule has 0 atom stereocenters. The fraction of sp³-hybridized carbons (Fsp3) is 0.500. The van der Waals surface area contributed by atoms with Gasteiger partial charge in [-0.2, -0.15) is 0 Å². The highest BCUT2D eigenvalue weighted by molar-refractivity contribution is 5.77. The molecule has 2 N–H and O–H groups in total. The molecule has 7 heteroatoms. The zero-order chi connectivity index (χ0) is 15.3. The molecule has 0 spiro atoms. The number of hydrogen-bond acceptors (Lipinski definition) is 5. The Morgan fingerprint density at radius 1 is 1.48 bits per heavy atom. The van der Waals surface area contributed by atoms with E-state index in [1.54, 1.807) is 6.07 Å². The smallest absolute Gasteiger partial charge is 0.273 e. The quantitative estimate of drug-likeness (QED) is 0.555. The fourth-order valence-corrected chi connectivity index (χ4v) is 2.10. The number of carbonyl (C=O) groups is 1. The number of benzene rings is 1. The predicted octanol–water partition coefficient (Wildman–Crippen LogP) is 1.25. The highest BCUT2D eigenvalue weighted by Gasteiger charge is 2.41. The first kappa shape index (κ1) is 15.2. The summed E-state index contributed by atoms with van der Waals surface area (Å²) >= 11 is 0. The van der Waals surface area contributed by atoms with Gasteiger partial charge in [-0.15, -0.1) is 0 Å². The van der Waals surface area contributed by atoms with Gasteiger partial charge in [-0.3, -0.25) is 14.9 Å². The molecule has 0 bridgehead atoms. The van der Waals surface area contributed by atoms with E-state index in [9.17, 15) is 14.9 Å². The van der Waals surface area contributed by atoms with Crippen LogP contribution in [-0.2, 0) is 4.79 Å². The molecule has 1 amide bonds. The van der Waals surface area contributed by atoms with Crippen molar-refractivity contribution in [2.45, 2.75) is 19.3 Å². The Hall–Kier alpha value is -2.15. The van der Waals surface area contributed by atoms with Gasteiger partial charge in [0.15, 0.2) is 6.61 Å². The van der Waals surface area contributed by atoms with Gasteiger partial charge in [-0.05, 0) is 30.7 Å². The number of amides is 1. The third-order valence-electron chi connectivity index (χ3n) is 3.66. The summed E-state index contributed by atoms with van der Waals surface area (Å²) in [7, 11) is 0. The number of aliphatic hydroxyl groups is 1. The van der Waals surface area contributed by atoms with Crippen molar-refractivity contribution in [1.29, 1.82) is 0 Å². The number of ether oxygens (including phenoxy) is 1. The van der Waals surface area contributed by atoms with Crippen molar-refractivity contribution in [3.63, 3.8) is 0 Å². The summed E-state index contributed by atoms with van der Waals surface area (Å²) in [5.41, 5.74) is -0.0246. The molecular formula is C14H18N2O5. The van der Waals surface area contributed by atoms with Crippen LogP contribution in [0.5, 0.6) is 5.75 Å². The van der Waals surface area contributed by atoms with Gasteiger partial charge in [0.2, 0.25) is 0 Å². The first-order valence-electron chi connectivity index (χ1n) is 6.79. The zero-order valence-electron chi connectivity index (χ0n) is 11.6. The maximum absolute atomic E-state index is 11.7. The average Bonchev–Trinajstić information content (AvgIpc) is 3.24. The van der Waals surface area contributed by atoms with E-state index in [0.29, 0.717) is 13.0 Å². The van der Waals surface area contributed by atoms with Gasteiger partial charge >= 0.3 is 0 Å². The minimum atomic E-state index is -0.515. The second-order valence-corrected chi connectivity index (χ2v) is 5.29. The minimum absolute atomic E-state index is 0.0515. The van der Waals surface area contributed by atoms with Crippen LogP contribution in [0.15, 0.2) is 24.3 Å². The topological polar surface area (TPSA) is 102 Å². The monoisotopic (exact) mass is 294 g/mol. The van der Waals surface area contributed by atoms with E-state index < -0.39 is 4.92 Å².